The van der Waals surface area contributed by atoms with Gasteiger partial charge in [0.25, 0.3) is 0 Å². The van der Waals surface area contributed by atoms with E-state index in [1.807, 2.05) is 31.2 Å². The molecule has 1 amide bonds. The van der Waals surface area contributed by atoms with Gasteiger partial charge in [-0.3, -0.25) is 9.59 Å². The number of carbonyl (C=O) groups is 2. The normalized spacial score (nSPS) is 23.3. The van der Waals surface area contributed by atoms with Crippen LogP contribution in [0.25, 0.3) is 0 Å². The largest absolute Gasteiger partial charge is 0.481 e. The molecule has 0 heterocycles. The lowest BCUT2D eigenvalue weighted by atomic mass is 9.94. The summed E-state index contributed by atoms with van der Waals surface area (Å²) in [5.41, 5.74) is 0.998. The third-order valence-corrected chi connectivity index (χ3v) is 4.37. The smallest absolute Gasteiger partial charge is 0.307 e. The highest BCUT2D eigenvalue weighted by Gasteiger charge is 2.38. The number of nitrogens with one attached hydrogen (secondary N) is 1. The van der Waals surface area contributed by atoms with Crippen molar-refractivity contribution in [3.8, 4) is 0 Å². The first kappa shape index (κ1) is 15.0. The van der Waals surface area contributed by atoms with Gasteiger partial charge in [0.1, 0.15) is 0 Å². The number of aliphatic carboxylic acids is 1. The van der Waals surface area contributed by atoms with Crippen LogP contribution >= 0.6 is 15.9 Å². The Hall–Kier alpha value is -1.36. The molecular weight excluding hydrogens is 322 g/mol. The Morgan fingerprint density at radius 3 is 2.70 bits per heavy atom. The highest BCUT2D eigenvalue weighted by Crippen LogP contribution is 2.32. The highest BCUT2D eigenvalue weighted by atomic mass is 79.9. The van der Waals surface area contributed by atoms with Crippen molar-refractivity contribution in [2.24, 2.45) is 11.8 Å². The molecule has 108 valence electrons. The zero-order valence-electron chi connectivity index (χ0n) is 11.3. The van der Waals surface area contributed by atoms with E-state index in [2.05, 4.69) is 21.2 Å². The zero-order valence-corrected chi connectivity index (χ0v) is 12.9. The number of carboxylic acid groups (broad SMARTS) is 1. The fraction of sp³-hybridized carbons (Fsp3) is 0.467. The highest BCUT2D eigenvalue weighted by molar-refractivity contribution is 9.10. The van der Waals surface area contributed by atoms with Crippen molar-refractivity contribution in [2.45, 2.75) is 32.2 Å². The Labute approximate surface area is 126 Å². The molecule has 5 heteroatoms. The van der Waals surface area contributed by atoms with Gasteiger partial charge in [0.15, 0.2) is 0 Å². The van der Waals surface area contributed by atoms with Gasteiger partial charge in [-0.25, -0.2) is 0 Å². The molecule has 2 rings (SSSR count). The molecule has 1 unspecified atom stereocenters. The lowest BCUT2D eigenvalue weighted by Crippen LogP contribution is -2.36. The number of halogens is 1. The van der Waals surface area contributed by atoms with Crippen molar-refractivity contribution in [3.05, 3.63) is 34.3 Å². The maximum Gasteiger partial charge on any atom is 0.307 e. The number of carbonyl (C=O) groups excluding carboxylic acids is 1. The second-order valence-electron chi connectivity index (χ2n) is 5.27. The third kappa shape index (κ3) is 3.39. The van der Waals surface area contributed by atoms with Crippen LogP contribution in [0.3, 0.4) is 0 Å². The van der Waals surface area contributed by atoms with E-state index in [4.69, 9.17) is 5.11 Å². The fourth-order valence-corrected chi connectivity index (χ4v) is 3.17. The van der Waals surface area contributed by atoms with Gasteiger partial charge >= 0.3 is 5.97 Å². The molecule has 1 aliphatic carbocycles. The van der Waals surface area contributed by atoms with Crippen molar-refractivity contribution < 1.29 is 14.7 Å². The quantitative estimate of drug-likeness (QED) is 0.885. The molecule has 1 aromatic rings. The van der Waals surface area contributed by atoms with E-state index in [9.17, 15) is 9.59 Å². The molecule has 20 heavy (non-hydrogen) atoms. The SMILES string of the molecule is CC(NC(=O)[C@@H]1CCC[C@@H]1C(=O)O)c1cccc(Br)c1. The van der Waals surface area contributed by atoms with Crippen LogP contribution in [0.15, 0.2) is 28.7 Å². The molecule has 0 radical (unpaired) electrons. The molecule has 1 saturated carbocycles. The van der Waals surface area contributed by atoms with Crippen molar-refractivity contribution in [3.63, 3.8) is 0 Å². The summed E-state index contributed by atoms with van der Waals surface area (Å²) in [6, 6.07) is 7.61. The van der Waals surface area contributed by atoms with E-state index in [1.54, 1.807) is 0 Å². The summed E-state index contributed by atoms with van der Waals surface area (Å²) in [5.74, 6) is -1.95. The maximum absolute atomic E-state index is 12.2. The summed E-state index contributed by atoms with van der Waals surface area (Å²) in [7, 11) is 0. The van der Waals surface area contributed by atoms with Crippen LogP contribution in [0.2, 0.25) is 0 Å². The van der Waals surface area contributed by atoms with Crippen LogP contribution < -0.4 is 5.32 Å². The predicted octanol–water partition coefficient (Wildman–Crippen LogP) is 3.13. The van der Waals surface area contributed by atoms with E-state index in [-0.39, 0.29) is 11.9 Å². The lowest BCUT2D eigenvalue weighted by Gasteiger charge is -2.20. The predicted molar refractivity (Wildman–Crippen MR) is 79.2 cm³/mol. The molecule has 1 aromatic carbocycles. The topological polar surface area (TPSA) is 66.4 Å². The van der Waals surface area contributed by atoms with Gasteiger partial charge in [0, 0.05) is 4.47 Å². The van der Waals surface area contributed by atoms with E-state index in [0.29, 0.717) is 12.8 Å². The Morgan fingerprint density at radius 1 is 1.35 bits per heavy atom. The molecule has 1 fully saturated rings. The Kier molecular flexibility index (Phi) is 4.81. The molecule has 0 aromatic heterocycles. The van der Waals surface area contributed by atoms with Crippen LogP contribution in [-0.4, -0.2) is 17.0 Å². The van der Waals surface area contributed by atoms with E-state index < -0.39 is 17.8 Å². The summed E-state index contributed by atoms with van der Waals surface area (Å²) in [5, 5.41) is 12.1. The first-order valence-electron chi connectivity index (χ1n) is 6.77. The Morgan fingerprint density at radius 2 is 2.05 bits per heavy atom. The molecule has 0 bridgehead atoms. The van der Waals surface area contributed by atoms with Crippen LogP contribution in [0.5, 0.6) is 0 Å². The van der Waals surface area contributed by atoms with Gasteiger partial charge in [-0.1, -0.05) is 34.5 Å². The van der Waals surface area contributed by atoms with Crippen molar-refractivity contribution in [1.82, 2.24) is 5.32 Å². The summed E-state index contributed by atoms with van der Waals surface area (Å²) >= 11 is 3.40. The summed E-state index contributed by atoms with van der Waals surface area (Å²) in [6.07, 6.45) is 2.06. The fourth-order valence-electron chi connectivity index (χ4n) is 2.75. The van der Waals surface area contributed by atoms with E-state index in [0.717, 1.165) is 16.5 Å². The van der Waals surface area contributed by atoms with Gasteiger partial charge in [0.2, 0.25) is 5.91 Å². The molecular formula is C15H18BrNO3. The van der Waals surface area contributed by atoms with Crippen LogP contribution in [-0.2, 0) is 9.59 Å². The summed E-state index contributed by atoms with van der Waals surface area (Å²) in [6.45, 7) is 1.91. The molecule has 1 aliphatic rings. The van der Waals surface area contributed by atoms with E-state index >= 15 is 0 Å². The van der Waals surface area contributed by atoms with Gasteiger partial charge in [0.05, 0.1) is 17.9 Å². The number of hydrogen-bond acceptors (Lipinski definition) is 2. The Bertz CT molecular complexity index is 518. The van der Waals surface area contributed by atoms with Crippen LogP contribution in [0.4, 0.5) is 0 Å². The minimum absolute atomic E-state index is 0.130. The molecule has 3 atom stereocenters. The molecule has 4 nitrogen and oxygen atoms in total. The van der Waals surface area contributed by atoms with E-state index in [1.165, 1.54) is 0 Å². The van der Waals surface area contributed by atoms with Crippen LogP contribution in [0.1, 0.15) is 37.8 Å². The van der Waals surface area contributed by atoms with Gasteiger partial charge in [-0.15, -0.1) is 0 Å². The molecule has 2 N–H and O–H groups in total. The molecule has 0 saturated heterocycles. The second-order valence-corrected chi connectivity index (χ2v) is 6.18. The van der Waals surface area contributed by atoms with Gasteiger partial charge in [-0.05, 0) is 37.5 Å². The standard InChI is InChI=1S/C15H18BrNO3/c1-9(10-4-2-5-11(16)8-10)17-14(18)12-6-3-7-13(12)15(19)20/h2,4-5,8-9,12-13H,3,6-7H2,1H3,(H,17,18)(H,19,20)/t9?,12-,13+/m1/s1. The van der Waals surface area contributed by atoms with Gasteiger partial charge < -0.3 is 10.4 Å². The molecule has 0 aliphatic heterocycles. The summed E-state index contributed by atoms with van der Waals surface area (Å²) in [4.78, 5) is 23.4. The first-order valence-corrected chi connectivity index (χ1v) is 7.57. The Balaban J connectivity index is 2.02. The van der Waals surface area contributed by atoms with Crippen molar-refractivity contribution >= 4 is 27.8 Å². The van der Waals surface area contributed by atoms with Crippen molar-refractivity contribution in [2.75, 3.05) is 0 Å². The minimum Gasteiger partial charge on any atom is -0.481 e. The summed E-state index contributed by atoms with van der Waals surface area (Å²) < 4.78 is 0.959. The maximum atomic E-state index is 12.2. The average Bonchev–Trinajstić information content (AvgIpc) is 2.88. The van der Waals surface area contributed by atoms with Crippen molar-refractivity contribution in [1.29, 1.82) is 0 Å². The lowest BCUT2D eigenvalue weighted by molar-refractivity contribution is -0.146. The number of benzene rings is 1. The number of carboxylic acids is 1. The average molecular weight is 340 g/mol. The minimum atomic E-state index is -0.863. The third-order valence-electron chi connectivity index (χ3n) is 3.88. The number of amides is 1. The second kappa shape index (κ2) is 6.39. The molecule has 0 spiro atoms. The number of rotatable bonds is 4. The van der Waals surface area contributed by atoms with Crippen LogP contribution in [0, 0.1) is 11.8 Å². The monoisotopic (exact) mass is 339 g/mol. The first-order chi connectivity index (χ1) is 9.49. The van der Waals surface area contributed by atoms with Gasteiger partial charge in [-0.2, -0.15) is 0 Å². The number of hydrogen-bond donors (Lipinski definition) is 2. The zero-order chi connectivity index (χ0) is 14.7.